The highest BCUT2D eigenvalue weighted by Gasteiger charge is 2.35. The molecular weight excluding hydrogens is 316 g/mol. The van der Waals surface area contributed by atoms with Crippen LogP contribution >= 0.6 is 0 Å². The number of ketones is 5. The first-order valence-electron chi connectivity index (χ1n) is 6.62. The quantitative estimate of drug-likeness (QED) is 0.458. The summed E-state index contributed by atoms with van der Waals surface area (Å²) in [6.07, 6.45) is 0. The van der Waals surface area contributed by atoms with Crippen molar-refractivity contribution in [2.45, 2.75) is 0 Å². The standard InChI is InChI=1S/C17H10O7/c18-11-7-3-1-5-9(11)13(20)15(22)17(24)16(23)14(21)10-6-2-4-8-12(10)19/h1-8,18-19H. The van der Waals surface area contributed by atoms with E-state index in [-0.39, 0.29) is 0 Å². The second kappa shape index (κ2) is 6.66. The van der Waals surface area contributed by atoms with Crippen LogP contribution in [0.4, 0.5) is 0 Å². The zero-order chi connectivity index (χ0) is 17.9. The zero-order valence-electron chi connectivity index (χ0n) is 12.1. The average Bonchev–Trinajstić information content (AvgIpc) is 2.59. The number of phenolic OH excluding ortho intramolecular Hbond substituents is 2. The molecule has 0 aliphatic carbocycles. The first-order valence-corrected chi connectivity index (χ1v) is 6.62. The highest BCUT2D eigenvalue weighted by atomic mass is 16.3. The molecule has 2 aromatic carbocycles. The Morgan fingerprint density at radius 2 is 0.875 bits per heavy atom. The van der Waals surface area contributed by atoms with E-state index >= 15 is 0 Å². The number of carbonyl (C=O) groups is 5. The fraction of sp³-hybridized carbons (Fsp3) is 0. The van der Waals surface area contributed by atoms with E-state index in [4.69, 9.17) is 0 Å². The molecule has 0 radical (unpaired) electrons. The van der Waals surface area contributed by atoms with Gasteiger partial charge in [-0.1, -0.05) is 24.3 Å². The Morgan fingerprint density at radius 1 is 0.542 bits per heavy atom. The molecule has 0 saturated heterocycles. The van der Waals surface area contributed by atoms with Crippen molar-refractivity contribution < 1.29 is 34.2 Å². The van der Waals surface area contributed by atoms with Crippen molar-refractivity contribution in [3.8, 4) is 11.5 Å². The van der Waals surface area contributed by atoms with E-state index in [1.54, 1.807) is 0 Å². The summed E-state index contributed by atoms with van der Waals surface area (Å²) in [7, 11) is 0. The van der Waals surface area contributed by atoms with Crippen molar-refractivity contribution in [3.05, 3.63) is 59.7 Å². The van der Waals surface area contributed by atoms with Crippen LogP contribution in [0.1, 0.15) is 20.7 Å². The van der Waals surface area contributed by atoms with E-state index in [0.717, 1.165) is 24.3 Å². The van der Waals surface area contributed by atoms with Gasteiger partial charge in [-0.15, -0.1) is 0 Å². The third kappa shape index (κ3) is 3.09. The van der Waals surface area contributed by atoms with Crippen molar-refractivity contribution >= 4 is 28.9 Å². The number of hydrogen-bond donors (Lipinski definition) is 2. The summed E-state index contributed by atoms with van der Waals surface area (Å²) >= 11 is 0. The molecule has 2 rings (SSSR count). The number of phenols is 2. The molecule has 2 aromatic rings. The fourth-order valence-corrected chi connectivity index (χ4v) is 1.89. The lowest BCUT2D eigenvalue weighted by atomic mass is 9.97. The molecule has 0 unspecified atom stereocenters. The number of para-hydroxylation sites is 2. The Bertz CT molecular complexity index is 809. The summed E-state index contributed by atoms with van der Waals surface area (Å²) in [5.41, 5.74) is -0.919. The lowest BCUT2D eigenvalue weighted by molar-refractivity contribution is -0.140. The molecule has 0 aliphatic heterocycles. The molecule has 0 aliphatic rings. The predicted octanol–water partition coefficient (Wildman–Crippen LogP) is 0.871. The molecule has 120 valence electrons. The van der Waals surface area contributed by atoms with Crippen molar-refractivity contribution in [1.29, 1.82) is 0 Å². The summed E-state index contributed by atoms with van der Waals surface area (Å²) in [5.74, 6) is -9.22. The largest absolute Gasteiger partial charge is 0.507 e. The Hall–Kier alpha value is -3.61. The van der Waals surface area contributed by atoms with E-state index in [9.17, 15) is 34.2 Å². The third-order valence-corrected chi connectivity index (χ3v) is 3.12. The van der Waals surface area contributed by atoms with E-state index < -0.39 is 51.5 Å². The molecule has 0 saturated carbocycles. The van der Waals surface area contributed by atoms with Gasteiger partial charge in [-0.2, -0.15) is 0 Å². The fourth-order valence-electron chi connectivity index (χ4n) is 1.89. The highest BCUT2D eigenvalue weighted by molar-refractivity contribution is 6.88. The van der Waals surface area contributed by atoms with Crippen LogP contribution in [-0.4, -0.2) is 39.1 Å². The molecule has 7 heteroatoms. The SMILES string of the molecule is O=C(C(=O)C(=O)c1ccccc1O)C(=O)C(=O)c1ccccc1O. The van der Waals surface area contributed by atoms with Gasteiger partial charge in [0.05, 0.1) is 11.1 Å². The monoisotopic (exact) mass is 326 g/mol. The van der Waals surface area contributed by atoms with Crippen LogP contribution < -0.4 is 0 Å². The third-order valence-electron chi connectivity index (χ3n) is 3.12. The minimum absolute atomic E-state index is 0.460. The summed E-state index contributed by atoms with van der Waals surface area (Å²) in [5, 5.41) is 19.0. The van der Waals surface area contributed by atoms with Crippen LogP contribution in [0.25, 0.3) is 0 Å². The number of benzene rings is 2. The summed E-state index contributed by atoms with van der Waals surface area (Å²) < 4.78 is 0. The van der Waals surface area contributed by atoms with Crippen molar-refractivity contribution in [2.75, 3.05) is 0 Å². The Kier molecular flexibility index (Phi) is 4.65. The number of aromatic hydroxyl groups is 2. The topological polar surface area (TPSA) is 126 Å². The maximum Gasteiger partial charge on any atom is 0.281 e. The van der Waals surface area contributed by atoms with Crippen molar-refractivity contribution in [3.63, 3.8) is 0 Å². The molecule has 0 heterocycles. The van der Waals surface area contributed by atoms with Crippen LogP contribution in [0.3, 0.4) is 0 Å². The van der Waals surface area contributed by atoms with Crippen LogP contribution in [0.2, 0.25) is 0 Å². The van der Waals surface area contributed by atoms with E-state index in [0.29, 0.717) is 0 Å². The molecule has 24 heavy (non-hydrogen) atoms. The van der Waals surface area contributed by atoms with Gasteiger partial charge in [0.25, 0.3) is 17.3 Å². The van der Waals surface area contributed by atoms with Gasteiger partial charge < -0.3 is 10.2 Å². The zero-order valence-corrected chi connectivity index (χ0v) is 12.1. The van der Waals surface area contributed by atoms with Crippen LogP contribution in [0, 0.1) is 0 Å². The summed E-state index contributed by atoms with van der Waals surface area (Å²) in [6, 6.07) is 9.92. The molecular formula is C17H10O7. The van der Waals surface area contributed by atoms with Crippen LogP contribution in [-0.2, 0) is 14.4 Å². The van der Waals surface area contributed by atoms with E-state index in [2.05, 4.69) is 0 Å². The maximum atomic E-state index is 11.9. The summed E-state index contributed by atoms with van der Waals surface area (Å²) in [4.78, 5) is 59.2. The Balaban J connectivity index is 2.25. The van der Waals surface area contributed by atoms with Crippen molar-refractivity contribution in [2.24, 2.45) is 0 Å². The average molecular weight is 326 g/mol. The number of carbonyl (C=O) groups excluding carboxylic acids is 5. The first-order chi connectivity index (χ1) is 11.3. The van der Waals surface area contributed by atoms with E-state index in [1.165, 1.54) is 24.3 Å². The van der Waals surface area contributed by atoms with Gasteiger partial charge in [-0.05, 0) is 24.3 Å². The van der Waals surface area contributed by atoms with Gasteiger partial charge in [-0.25, -0.2) is 0 Å². The Labute approximate surface area is 135 Å². The van der Waals surface area contributed by atoms with Gasteiger partial charge in [-0.3, -0.25) is 24.0 Å². The van der Waals surface area contributed by atoms with E-state index in [1.807, 2.05) is 0 Å². The number of rotatable bonds is 6. The van der Waals surface area contributed by atoms with Gasteiger partial charge in [0.2, 0.25) is 11.6 Å². The van der Waals surface area contributed by atoms with Crippen molar-refractivity contribution in [1.82, 2.24) is 0 Å². The second-order valence-electron chi connectivity index (χ2n) is 4.68. The number of Topliss-reactive ketones (excluding diaryl/α,β-unsaturated/α-hetero) is 5. The molecule has 0 amide bonds. The molecule has 2 N–H and O–H groups in total. The molecule has 0 bridgehead atoms. The lowest BCUT2D eigenvalue weighted by Crippen LogP contribution is -2.35. The van der Waals surface area contributed by atoms with Crippen LogP contribution in [0.5, 0.6) is 11.5 Å². The normalized spacial score (nSPS) is 10.0. The van der Waals surface area contributed by atoms with Crippen LogP contribution in [0.15, 0.2) is 48.5 Å². The Morgan fingerprint density at radius 3 is 1.21 bits per heavy atom. The molecule has 0 aromatic heterocycles. The number of hydrogen-bond acceptors (Lipinski definition) is 7. The summed E-state index contributed by atoms with van der Waals surface area (Å²) in [6.45, 7) is 0. The molecule has 7 nitrogen and oxygen atoms in total. The second-order valence-corrected chi connectivity index (χ2v) is 4.68. The molecule has 0 atom stereocenters. The van der Waals surface area contributed by atoms with Gasteiger partial charge in [0, 0.05) is 0 Å². The maximum absolute atomic E-state index is 11.9. The molecule has 0 spiro atoms. The highest BCUT2D eigenvalue weighted by Crippen LogP contribution is 2.18. The van der Waals surface area contributed by atoms with Gasteiger partial charge >= 0.3 is 0 Å². The predicted molar refractivity (Wildman–Crippen MR) is 79.9 cm³/mol. The lowest BCUT2D eigenvalue weighted by Gasteiger charge is -2.03. The first kappa shape index (κ1) is 16.8. The smallest absolute Gasteiger partial charge is 0.281 e. The molecule has 0 fully saturated rings. The van der Waals surface area contributed by atoms with Gasteiger partial charge in [0.1, 0.15) is 11.5 Å². The van der Waals surface area contributed by atoms with Gasteiger partial charge in [0.15, 0.2) is 0 Å². The minimum Gasteiger partial charge on any atom is -0.507 e. The minimum atomic E-state index is -1.84.